The molecule has 178 valence electrons. The van der Waals surface area contributed by atoms with Crippen LogP contribution < -0.4 is 15.4 Å². The molecule has 0 fully saturated rings. The van der Waals surface area contributed by atoms with Crippen LogP contribution in [0.15, 0.2) is 64.5 Å². The molecule has 0 aliphatic carbocycles. The van der Waals surface area contributed by atoms with Crippen molar-refractivity contribution in [2.75, 3.05) is 37.9 Å². The SMILES string of the molecule is CCN=C(Nc1cccc(OCCCOC)c1)NC(CC)CS(=O)(=O)c1ccccc1.I. The minimum Gasteiger partial charge on any atom is -0.493 e. The number of guanidine groups is 1. The molecule has 0 amide bonds. The van der Waals surface area contributed by atoms with E-state index in [2.05, 4.69) is 15.6 Å². The van der Waals surface area contributed by atoms with Gasteiger partial charge < -0.3 is 20.1 Å². The first-order valence-electron chi connectivity index (χ1n) is 10.6. The van der Waals surface area contributed by atoms with Gasteiger partial charge in [-0.15, -0.1) is 24.0 Å². The lowest BCUT2D eigenvalue weighted by Crippen LogP contribution is -2.42. The molecule has 0 radical (unpaired) electrons. The molecule has 0 aromatic heterocycles. The van der Waals surface area contributed by atoms with Crippen LogP contribution >= 0.6 is 24.0 Å². The second-order valence-corrected chi connectivity index (χ2v) is 9.05. The van der Waals surface area contributed by atoms with Gasteiger partial charge in [0.15, 0.2) is 15.8 Å². The molecule has 1 unspecified atom stereocenters. The van der Waals surface area contributed by atoms with E-state index in [9.17, 15) is 8.42 Å². The second kappa shape index (κ2) is 15.1. The van der Waals surface area contributed by atoms with Crippen molar-refractivity contribution >= 4 is 45.5 Å². The van der Waals surface area contributed by atoms with Crippen LogP contribution in [0.3, 0.4) is 0 Å². The number of nitrogens with zero attached hydrogens (tertiary/aromatic N) is 1. The molecular formula is C23H34IN3O4S. The number of anilines is 1. The quantitative estimate of drug-likeness (QED) is 0.169. The molecular weight excluding hydrogens is 541 g/mol. The molecule has 0 spiro atoms. The summed E-state index contributed by atoms with van der Waals surface area (Å²) in [6.45, 7) is 5.67. The number of sulfone groups is 1. The van der Waals surface area contributed by atoms with Gasteiger partial charge in [-0.2, -0.15) is 0 Å². The molecule has 2 aromatic carbocycles. The second-order valence-electron chi connectivity index (χ2n) is 7.01. The summed E-state index contributed by atoms with van der Waals surface area (Å²) in [6.07, 6.45) is 1.45. The minimum absolute atomic E-state index is 0. The smallest absolute Gasteiger partial charge is 0.196 e. The predicted octanol–water partition coefficient (Wildman–Crippen LogP) is 4.35. The monoisotopic (exact) mass is 575 g/mol. The first kappa shape index (κ1) is 28.2. The van der Waals surface area contributed by atoms with Gasteiger partial charge in [-0.3, -0.25) is 4.99 Å². The van der Waals surface area contributed by atoms with Crippen LogP contribution in [0.4, 0.5) is 5.69 Å². The van der Waals surface area contributed by atoms with Crippen LogP contribution in [-0.4, -0.2) is 53.0 Å². The van der Waals surface area contributed by atoms with Gasteiger partial charge in [-0.05, 0) is 37.6 Å². The fourth-order valence-corrected chi connectivity index (χ4v) is 4.53. The highest BCUT2D eigenvalue weighted by Gasteiger charge is 2.21. The summed E-state index contributed by atoms with van der Waals surface area (Å²) in [5.41, 5.74) is 0.810. The van der Waals surface area contributed by atoms with Gasteiger partial charge in [-0.25, -0.2) is 8.42 Å². The van der Waals surface area contributed by atoms with Gasteiger partial charge in [0.05, 0.1) is 17.3 Å². The highest BCUT2D eigenvalue weighted by atomic mass is 127. The van der Waals surface area contributed by atoms with Gasteiger partial charge in [0.25, 0.3) is 0 Å². The Balaban J connectivity index is 0.00000512. The maximum atomic E-state index is 12.8. The van der Waals surface area contributed by atoms with Crippen molar-refractivity contribution in [2.24, 2.45) is 4.99 Å². The minimum atomic E-state index is -3.40. The van der Waals surface area contributed by atoms with Crippen LogP contribution in [0.2, 0.25) is 0 Å². The largest absolute Gasteiger partial charge is 0.493 e. The zero-order chi connectivity index (χ0) is 22.5. The van der Waals surface area contributed by atoms with E-state index >= 15 is 0 Å². The van der Waals surface area contributed by atoms with Gasteiger partial charge in [0.1, 0.15) is 5.75 Å². The van der Waals surface area contributed by atoms with Crippen LogP contribution in [0, 0.1) is 0 Å². The molecule has 0 saturated heterocycles. The fourth-order valence-electron chi connectivity index (χ4n) is 2.92. The van der Waals surface area contributed by atoms with Gasteiger partial charge in [-0.1, -0.05) is 31.2 Å². The zero-order valence-electron chi connectivity index (χ0n) is 18.9. The third-order valence-electron chi connectivity index (χ3n) is 4.53. The summed E-state index contributed by atoms with van der Waals surface area (Å²) < 4.78 is 36.3. The Kier molecular flexibility index (Phi) is 13.3. The Bertz CT molecular complexity index is 924. The molecule has 2 aromatic rings. The predicted molar refractivity (Wildman–Crippen MR) is 141 cm³/mol. The molecule has 0 bridgehead atoms. The molecule has 0 aliphatic rings. The highest BCUT2D eigenvalue weighted by molar-refractivity contribution is 14.0. The lowest BCUT2D eigenvalue weighted by Gasteiger charge is -2.21. The van der Waals surface area contributed by atoms with Gasteiger partial charge in [0.2, 0.25) is 0 Å². The normalized spacial score (nSPS) is 12.5. The average molecular weight is 576 g/mol. The van der Waals surface area contributed by atoms with Crippen molar-refractivity contribution in [3.8, 4) is 5.75 Å². The van der Waals surface area contributed by atoms with Crippen molar-refractivity contribution < 1.29 is 17.9 Å². The zero-order valence-corrected chi connectivity index (χ0v) is 22.1. The lowest BCUT2D eigenvalue weighted by atomic mass is 10.2. The van der Waals surface area contributed by atoms with Crippen LogP contribution in [0.25, 0.3) is 0 Å². The molecule has 0 saturated carbocycles. The summed E-state index contributed by atoms with van der Waals surface area (Å²) >= 11 is 0. The van der Waals surface area contributed by atoms with E-state index in [1.165, 1.54) is 0 Å². The Labute approximate surface area is 208 Å². The Morgan fingerprint density at radius 2 is 1.81 bits per heavy atom. The summed E-state index contributed by atoms with van der Waals surface area (Å²) in [6, 6.07) is 15.8. The number of hydrogen-bond acceptors (Lipinski definition) is 5. The van der Waals surface area contributed by atoms with Crippen molar-refractivity contribution in [3.05, 3.63) is 54.6 Å². The average Bonchev–Trinajstić information content (AvgIpc) is 2.77. The molecule has 0 aliphatic heterocycles. The van der Waals surface area contributed by atoms with E-state index < -0.39 is 9.84 Å². The first-order chi connectivity index (χ1) is 15.0. The number of methoxy groups -OCH3 is 1. The van der Waals surface area contributed by atoms with E-state index in [1.54, 1.807) is 37.4 Å². The van der Waals surface area contributed by atoms with Crippen molar-refractivity contribution in [3.63, 3.8) is 0 Å². The number of rotatable bonds is 12. The van der Waals surface area contributed by atoms with E-state index in [4.69, 9.17) is 9.47 Å². The number of hydrogen-bond donors (Lipinski definition) is 2. The third kappa shape index (κ3) is 9.74. The molecule has 7 nitrogen and oxygen atoms in total. The Hall–Kier alpha value is -1.85. The summed E-state index contributed by atoms with van der Waals surface area (Å²) in [5, 5.41) is 6.51. The molecule has 2 N–H and O–H groups in total. The van der Waals surface area contributed by atoms with Crippen molar-refractivity contribution in [2.45, 2.75) is 37.6 Å². The summed E-state index contributed by atoms with van der Waals surface area (Å²) in [7, 11) is -1.73. The number of halogens is 1. The van der Waals surface area contributed by atoms with Gasteiger partial charge in [0, 0.05) is 44.5 Å². The number of ether oxygens (including phenoxy) is 2. The van der Waals surface area contributed by atoms with Gasteiger partial charge >= 0.3 is 0 Å². The summed E-state index contributed by atoms with van der Waals surface area (Å²) in [4.78, 5) is 4.80. The Morgan fingerprint density at radius 1 is 1.06 bits per heavy atom. The lowest BCUT2D eigenvalue weighted by molar-refractivity contribution is 0.172. The highest BCUT2D eigenvalue weighted by Crippen LogP contribution is 2.18. The molecule has 32 heavy (non-hydrogen) atoms. The maximum absolute atomic E-state index is 12.8. The fraction of sp³-hybridized carbons (Fsp3) is 0.435. The van der Waals surface area contributed by atoms with Crippen LogP contribution in [0.1, 0.15) is 26.7 Å². The van der Waals surface area contributed by atoms with Crippen LogP contribution in [-0.2, 0) is 14.6 Å². The Morgan fingerprint density at radius 3 is 2.47 bits per heavy atom. The topological polar surface area (TPSA) is 89.0 Å². The maximum Gasteiger partial charge on any atom is 0.196 e. The molecule has 2 rings (SSSR count). The van der Waals surface area contributed by atoms with E-state index in [-0.39, 0.29) is 35.8 Å². The van der Waals surface area contributed by atoms with Crippen LogP contribution in [0.5, 0.6) is 5.75 Å². The standard InChI is InChI=1S/C23H33N3O4S.HI/c1-4-19(18-31(27,28)22-13-7-6-8-14-22)25-23(24-5-2)26-20-11-9-12-21(17-20)30-16-10-15-29-3;/h6-9,11-14,17,19H,4-5,10,15-16,18H2,1-3H3,(H2,24,25,26);1H. The molecule has 1 atom stereocenters. The first-order valence-corrected chi connectivity index (χ1v) is 12.2. The number of aliphatic imine (C=N–C) groups is 1. The van der Waals surface area contributed by atoms with E-state index in [1.807, 2.05) is 38.1 Å². The molecule has 0 heterocycles. The number of benzene rings is 2. The third-order valence-corrected chi connectivity index (χ3v) is 6.36. The van der Waals surface area contributed by atoms with E-state index in [0.29, 0.717) is 37.0 Å². The molecule has 9 heteroatoms. The van der Waals surface area contributed by atoms with E-state index in [0.717, 1.165) is 17.9 Å². The van der Waals surface area contributed by atoms with Crippen molar-refractivity contribution in [1.82, 2.24) is 5.32 Å². The number of nitrogens with one attached hydrogen (secondary N) is 2. The van der Waals surface area contributed by atoms with Crippen molar-refractivity contribution in [1.29, 1.82) is 0 Å². The summed E-state index contributed by atoms with van der Waals surface area (Å²) in [5.74, 6) is 1.27.